The Balaban J connectivity index is 2.64. The summed E-state index contributed by atoms with van der Waals surface area (Å²) in [4.78, 5) is 14.0. The van der Waals surface area contributed by atoms with Crippen molar-refractivity contribution in [2.75, 3.05) is 19.1 Å². The first kappa shape index (κ1) is 18.4. The average Bonchev–Trinajstić information content (AvgIpc) is 2.30. The highest BCUT2D eigenvalue weighted by molar-refractivity contribution is 7.79. The quantitative estimate of drug-likeness (QED) is 0.805. The number of rotatable bonds is 4. The Morgan fingerprint density at radius 3 is 2.52 bits per heavy atom. The summed E-state index contributed by atoms with van der Waals surface area (Å²) in [6.45, 7) is 10.6. The van der Waals surface area contributed by atoms with Crippen LogP contribution < -0.4 is 0 Å². The fourth-order valence-electron chi connectivity index (χ4n) is 2.58. The molecule has 1 N–H and O–H groups in total. The van der Waals surface area contributed by atoms with Gasteiger partial charge in [0, 0.05) is 18.5 Å². The van der Waals surface area contributed by atoms with Crippen molar-refractivity contribution in [3.05, 3.63) is 0 Å². The highest BCUT2D eigenvalue weighted by Crippen LogP contribution is 2.29. The second-order valence-electron chi connectivity index (χ2n) is 6.78. The van der Waals surface area contributed by atoms with Gasteiger partial charge in [-0.15, -0.1) is 0 Å². The minimum atomic E-state index is -1.95. The number of carbonyl (C=O) groups excluding carboxylic acids is 1. The number of piperidine rings is 1. The highest BCUT2D eigenvalue weighted by Gasteiger charge is 2.36. The molecule has 0 aromatic carbocycles. The maximum atomic E-state index is 12.3. The molecule has 1 heterocycles. The van der Waals surface area contributed by atoms with Crippen LogP contribution in [0.25, 0.3) is 0 Å². The molecule has 4 atom stereocenters. The Kier molecular flexibility index (Phi) is 6.62. The van der Waals surface area contributed by atoms with Crippen molar-refractivity contribution >= 4 is 17.2 Å². The molecule has 1 aliphatic rings. The van der Waals surface area contributed by atoms with Gasteiger partial charge in [0.15, 0.2) is 11.1 Å². The van der Waals surface area contributed by atoms with Gasteiger partial charge in [-0.3, -0.25) is 0 Å². The molecule has 0 spiro atoms. The molecule has 124 valence electrons. The molecule has 1 amide bonds. The minimum absolute atomic E-state index is 0.0109. The van der Waals surface area contributed by atoms with Gasteiger partial charge in [-0.1, -0.05) is 6.92 Å². The van der Waals surface area contributed by atoms with Crippen LogP contribution in [0.15, 0.2) is 0 Å². The van der Waals surface area contributed by atoms with Gasteiger partial charge >= 0.3 is 6.09 Å². The van der Waals surface area contributed by atoms with Gasteiger partial charge in [0.1, 0.15) is 11.5 Å². The van der Waals surface area contributed by atoms with E-state index >= 15 is 0 Å². The summed E-state index contributed by atoms with van der Waals surface area (Å²) in [5.41, 5.74) is -0.517. The number of hydrogen-bond acceptors (Lipinski definition) is 4. The monoisotopic (exact) mass is 321 g/mol. The third-order valence-corrected chi connectivity index (χ3v) is 3.90. The number of ether oxygens (including phenoxy) is 2. The number of carbonyl (C=O) groups is 1. The van der Waals surface area contributed by atoms with Crippen LogP contribution in [0.2, 0.25) is 0 Å². The van der Waals surface area contributed by atoms with E-state index in [-0.39, 0.29) is 24.0 Å². The van der Waals surface area contributed by atoms with E-state index in [9.17, 15) is 9.00 Å². The zero-order valence-corrected chi connectivity index (χ0v) is 14.3. The first-order valence-corrected chi connectivity index (χ1v) is 8.52. The fourth-order valence-corrected chi connectivity index (χ4v) is 2.82. The molecule has 0 bridgehead atoms. The predicted octanol–water partition coefficient (Wildman–Crippen LogP) is 2.46. The van der Waals surface area contributed by atoms with Crippen molar-refractivity contribution in [2.24, 2.45) is 11.8 Å². The van der Waals surface area contributed by atoms with E-state index in [1.165, 1.54) is 0 Å². The average molecular weight is 321 g/mol. The van der Waals surface area contributed by atoms with Crippen LogP contribution in [0.1, 0.15) is 41.0 Å². The molecule has 7 heteroatoms. The van der Waals surface area contributed by atoms with Crippen LogP contribution in [0.5, 0.6) is 0 Å². The summed E-state index contributed by atoms with van der Waals surface area (Å²) >= 11 is -1.95. The predicted molar refractivity (Wildman–Crippen MR) is 81.3 cm³/mol. The first-order valence-electron chi connectivity index (χ1n) is 7.25. The van der Waals surface area contributed by atoms with E-state index in [1.54, 1.807) is 4.90 Å². The van der Waals surface area contributed by atoms with Crippen molar-refractivity contribution in [2.45, 2.75) is 52.7 Å². The largest absolute Gasteiger partial charge is 0.444 e. The molecule has 1 fully saturated rings. The van der Waals surface area contributed by atoms with Crippen LogP contribution in [-0.4, -0.2) is 50.5 Å². The summed E-state index contributed by atoms with van der Waals surface area (Å²) in [6.07, 6.45) is 0.621. The molecule has 1 rings (SSSR count). The molecule has 0 aliphatic carbocycles. The van der Waals surface area contributed by atoms with Crippen molar-refractivity contribution in [3.63, 3.8) is 0 Å². The molecule has 21 heavy (non-hydrogen) atoms. The Bertz CT molecular complexity index is 382. The van der Waals surface area contributed by atoms with Gasteiger partial charge in [-0.05, 0) is 40.0 Å². The summed E-state index contributed by atoms with van der Waals surface area (Å²) in [7, 11) is 0. The number of hydrogen-bond donors (Lipinski definition) is 1. The van der Waals surface area contributed by atoms with Gasteiger partial charge in [0.05, 0.1) is 6.61 Å². The lowest BCUT2D eigenvalue weighted by atomic mass is 9.85. The Morgan fingerprint density at radius 1 is 1.38 bits per heavy atom. The Labute approximate surface area is 129 Å². The van der Waals surface area contributed by atoms with Gasteiger partial charge in [-0.2, -0.15) is 0 Å². The summed E-state index contributed by atoms with van der Waals surface area (Å²) in [5.74, 6) is 0.302. The van der Waals surface area contributed by atoms with Crippen LogP contribution >= 0.6 is 0 Å². The van der Waals surface area contributed by atoms with Gasteiger partial charge in [0.25, 0.3) is 0 Å². The molecule has 6 nitrogen and oxygen atoms in total. The number of likely N-dealkylation sites (tertiary alicyclic amines) is 1. The standard InChI is InChI=1S/C14H27NO5S/c1-10-6-12(8-19-9-21(17)18)11(2)15(7-10)13(16)20-14(3,4)5/h10-12H,6-9H2,1-5H3,(H,17,18). The third kappa shape index (κ3) is 6.32. The molecule has 0 radical (unpaired) electrons. The summed E-state index contributed by atoms with van der Waals surface area (Å²) < 4.78 is 30.0. The zero-order chi connectivity index (χ0) is 16.2. The van der Waals surface area contributed by atoms with Crippen molar-refractivity contribution in [1.29, 1.82) is 0 Å². The van der Waals surface area contributed by atoms with Crippen LogP contribution in [0, 0.1) is 11.8 Å². The Hall–Kier alpha value is -0.660. The maximum Gasteiger partial charge on any atom is 0.410 e. The lowest BCUT2D eigenvalue weighted by Gasteiger charge is -2.42. The molecule has 0 saturated carbocycles. The van der Waals surface area contributed by atoms with E-state index in [1.807, 2.05) is 27.7 Å². The maximum absolute atomic E-state index is 12.3. The molecule has 4 unspecified atom stereocenters. The normalized spacial score (nSPS) is 28.3. The second-order valence-corrected chi connectivity index (χ2v) is 7.66. The lowest BCUT2D eigenvalue weighted by molar-refractivity contribution is -0.0176. The molecule has 0 aromatic heterocycles. The van der Waals surface area contributed by atoms with Gasteiger partial charge in [-0.25, -0.2) is 9.00 Å². The lowest BCUT2D eigenvalue weighted by Crippen LogP contribution is -2.52. The van der Waals surface area contributed by atoms with Gasteiger partial charge in [0.2, 0.25) is 0 Å². The summed E-state index contributed by atoms with van der Waals surface area (Å²) in [5, 5.41) is 0. The van der Waals surface area contributed by atoms with Crippen molar-refractivity contribution in [3.8, 4) is 0 Å². The number of nitrogens with zero attached hydrogens (tertiary/aromatic N) is 1. The van der Waals surface area contributed by atoms with Crippen LogP contribution in [0.4, 0.5) is 4.79 Å². The molecule has 0 aromatic rings. The van der Waals surface area contributed by atoms with E-state index in [0.717, 1.165) is 6.42 Å². The minimum Gasteiger partial charge on any atom is -0.444 e. The van der Waals surface area contributed by atoms with E-state index < -0.39 is 16.7 Å². The fraction of sp³-hybridized carbons (Fsp3) is 0.929. The third-order valence-electron chi connectivity index (χ3n) is 3.53. The molecular formula is C14H27NO5S. The molecular weight excluding hydrogens is 294 g/mol. The van der Waals surface area contributed by atoms with Gasteiger partial charge < -0.3 is 18.9 Å². The SMILES string of the molecule is CC1CC(COCS(=O)O)C(C)N(C(=O)OC(C)(C)C)C1. The second kappa shape index (κ2) is 7.56. The molecule has 1 aliphatic heterocycles. The smallest absolute Gasteiger partial charge is 0.410 e. The van der Waals surface area contributed by atoms with Crippen molar-refractivity contribution in [1.82, 2.24) is 4.90 Å². The first-order chi connectivity index (χ1) is 9.60. The number of amides is 1. The summed E-state index contributed by atoms with van der Waals surface area (Å²) in [6, 6.07) is -0.0109. The van der Waals surface area contributed by atoms with E-state index in [2.05, 4.69) is 6.92 Å². The Morgan fingerprint density at radius 2 is 2.00 bits per heavy atom. The molecule has 1 saturated heterocycles. The van der Waals surface area contributed by atoms with E-state index in [4.69, 9.17) is 14.0 Å². The van der Waals surface area contributed by atoms with Crippen molar-refractivity contribution < 1.29 is 23.0 Å². The van der Waals surface area contributed by atoms with Crippen LogP contribution in [0.3, 0.4) is 0 Å². The highest BCUT2D eigenvalue weighted by atomic mass is 32.2. The van der Waals surface area contributed by atoms with Crippen LogP contribution in [-0.2, 0) is 20.6 Å². The topological polar surface area (TPSA) is 76.1 Å². The van der Waals surface area contributed by atoms with E-state index in [0.29, 0.717) is 19.1 Å². The zero-order valence-electron chi connectivity index (χ0n) is 13.5.